The van der Waals surface area contributed by atoms with Crippen LogP contribution in [0.25, 0.3) is 0 Å². The number of hydrogen-bond acceptors (Lipinski definition) is 4. The fourth-order valence-electron chi connectivity index (χ4n) is 3.15. The van der Waals surface area contributed by atoms with E-state index in [1.807, 2.05) is 0 Å². The predicted molar refractivity (Wildman–Crippen MR) is 75.4 cm³/mol. The van der Waals surface area contributed by atoms with Crippen molar-refractivity contribution < 1.29 is 13.5 Å². The van der Waals surface area contributed by atoms with E-state index in [-0.39, 0.29) is 6.61 Å². The molecule has 0 aliphatic carbocycles. The molecule has 5 nitrogen and oxygen atoms in total. The molecule has 0 spiro atoms. The summed E-state index contributed by atoms with van der Waals surface area (Å²) in [5, 5.41) is 12.3. The summed E-state index contributed by atoms with van der Waals surface area (Å²) in [6, 6.07) is 0. The van der Waals surface area contributed by atoms with Crippen LogP contribution in [0.15, 0.2) is 0 Å². The lowest BCUT2D eigenvalue weighted by Crippen LogP contribution is -2.43. The summed E-state index contributed by atoms with van der Waals surface area (Å²) in [5.41, 5.74) is 0. The first kappa shape index (κ1) is 15.2. The summed E-state index contributed by atoms with van der Waals surface area (Å²) in [6.07, 6.45) is 4.62. The molecule has 2 saturated heterocycles. The molecule has 0 aromatic carbocycles. The van der Waals surface area contributed by atoms with E-state index in [1.165, 1.54) is 0 Å². The van der Waals surface area contributed by atoms with Crippen LogP contribution < -0.4 is 5.32 Å². The van der Waals surface area contributed by atoms with Crippen molar-refractivity contribution in [3.8, 4) is 0 Å². The number of hydrogen-bond donors (Lipinski definition) is 2. The van der Waals surface area contributed by atoms with Crippen molar-refractivity contribution in [3.63, 3.8) is 0 Å². The second kappa shape index (κ2) is 7.02. The first-order valence-electron chi connectivity index (χ1n) is 7.41. The predicted octanol–water partition coefficient (Wildman–Crippen LogP) is 0.410. The van der Waals surface area contributed by atoms with E-state index in [0.717, 1.165) is 45.2 Å². The molecule has 2 aliphatic rings. The standard InChI is InChI=1S/C13H26N2O3S/c16-9-5-12-2-1-8-15(10-12)19(17,18)11-13-3-6-14-7-4-13/h12-14,16H,1-11H2. The average Bonchev–Trinajstić information content (AvgIpc) is 2.40. The van der Waals surface area contributed by atoms with Gasteiger partial charge in [0.1, 0.15) is 0 Å². The Balaban J connectivity index is 1.90. The minimum atomic E-state index is -3.11. The van der Waals surface area contributed by atoms with Gasteiger partial charge in [0.05, 0.1) is 5.75 Å². The Hall–Kier alpha value is -0.170. The zero-order chi connectivity index (χ0) is 13.7. The Labute approximate surface area is 116 Å². The third kappa shape index (κ3) is 4.41. The van der Waals surface area contributed by atoms with Crippen molar-refractivity contribution in [1.29, 1.82) is 0 Å². The van der Waals surface area contributed by atoms with Gasteiger partial charge < -0.3 is 10.4 Å². The molecule has 0 aromatic rings. The van der Waals surface area contributed by atoms with Crippen molar-refractivity contribution >= 4 is 10.0 Å². The second-order valence-electron chi connectivity index (χ2n) is 5.85. The molecule has 2 heterocycles. The Morgan fingerprint density at radius 1 is 1.16 bits per heavy atom. The average molecular weight is 290 g/mol. The van der Waals surface area contributed by atoms with Crippen LogP contribution in [0, 0.1) is 11.8 Å². The fraction of sp³-hybridized carbons (Fsp3) is 1.00. The van der Waals surface area contributed by atoms with Gasteiger partial charge in [-0.25, -0.2) is 12.7 Å². The molecule has 6 heteroatoms. The minimum Gasteiger partial charge on any atom is -0.396 e. The van der Waals surface area contributed by atoms with Crippen LogP contribution in [0.3, 0.4) is 0 Å². The van der Waals surface area contributed by atoms with Crippen molar-refractivity contribution in [2.45, 2.75) is 32.1 Å². The molecule has 0 saturated carbocycles. The number of sulfonamides is 1. The highest BCUT2D eigenvalue weighted by Crippen LogP contribution is 2.24. The monoisotopic (exact) mass is 290 g/mol. The molecule has 2 fully saturated rings. The van der Waals surface area contributed by atoms with Gasteiger partial charge in [-0.1, -0.05) is 0 Å². The van der Waals surface area contributed by atoms with Gasteiger partial charge in [0.2, 0.25) is 10.0 Å². The number of nitrogens with one attached hydrogen (secondary N) is 1. The van der Waals surface area contributed by atoms with E-state index in [2.05, 4.69) is 5.32 Å². The normalized spacial score (nSPS) is 27.5. The third-order valence-corrected chi connectivity index (χ3v) is 6.33. The van der Waals surface area contributed by atoms with E-state index in [9.17, 15) is 8.42 Å². The highest BCUT2D eigenvalue weighted by molar-refractivity contribution is 7.89. The van der Waals surface area contributed by atoms with Gasteiger partial charge in [-0.2, -0.15) is 0 Å². The van der Waals surface area contributed by atoms with E-state index >= 15 is 0 Å². The lowest BCUT2D eigenvalue weighted by atomic mass is 9.97. The molecule has 19 heavy (non-hydrogen) atoms. The van der Waals surface area contributed by atoms with Gasteiger partial charge in [-0.05, 0) is 57.0 Å². The van der Waals surface area contributed by atoms with Gasteiger partial charge in [0.15, 0.2) is 0 Å². The molecule has 0 bridgehead atoms. The van der Waals surface area contributed by atoms with Gasteiger partial charge in [0, 0.05) is 19.7 Å². The minimum absolute atomic E-state index is 0.160. The molecular weight excluding hydrogens is 264 g/mol. The van der Waals surface area contributed by atoms with Gasteiger partial charge in [0.25, 0.3) is 0 Å². The maximum Gasteiger partial charge on any atom is 0.214 e. The Morgan fingerprint density at radius 3 is 2.58 bits per heavy atom. The van der Waals surface area contributed by atoms with Crippen molar-refractivity contribution in [1.82, 2.24) is 9.62 Å². The van der Waals surface area contributed by atoms with Crippen LogP contribution in [0.4, 0.5) is 0 Å². The van der Waals surface area contributed by atoms with Crippen LogP contribution in [-0.2, 0) is 10.0 Å². The van der Waals surface area contributed by atoms with Crippen molar-refractivity contribution in [3.05, 3.63) is 0 Å². The molecule has 1 atom stereocenters. The Morgan fingerprint density at radius 2 is 1.89 bits per heavy atom. The van der Waals surface area contributed by atoms with Crippen LogP contribution in [0.5, 0.6) is 0 Å². The van der Waals surface area contributed by atoms with Gasteiger partial charge in [-0.15, -0.1) is 0 Å². The largest absolute Gasteiger partial charge is 0.396 e. The molecule has 0 radical (unpaired) electrons. The topological polar surface area (TPSA) is 69.6 Å². The zero-order valence-corrected chi connectivity index (χ0v) is 12.4. The van der Waals surface area contributed by atoms with E-state index in [1.54, 1.807) is 4.31 Å². The first-order valence-corrected chi connectivity index (χ1v) is 9.02. The van der Waals surface area contributed by atoms with Crippen molar-refractivity contribution in [2.75, 3.05) is 38.5 Å². The summed E-state index contributed by atoms with van der Waals surface area (Å²) in [7, 11) is -3.11. The van der Waals surface area contributed by atoms with Crippen LogP contribution in [-0.4, -0.2) is 56.4 Å². The molecule has 1 unspecified atom stereocenters. The maximum atomic E-state index is 12.4. The highest BCUT2D eigenvalue weighted by Gasteiger charge is 2.31. The number of nitrogens with zero attached hydrogens (tertiary/aromatic N) is 1. The lowest BCUT2D eigenvalue weighted by molar-refractivity contribution is 0.202. The van der Waals surface area contributed by atoms with E-state index in [4.69, 9.17) is 5.11 Å². The molecular formula is C13H26N2O3S. The van der Waals surface area contributed by atoms with Crippen molar-refractivity contribution in [2.24, 2.45) is 11.8 Å². The Kier molecular flexibility index (Phi) is 5.62. The fourth-order valence-corrected chi connectivity index (χ4v) is 5.13. The summed E-state index contributed by atoms with van der Waals surface area (Å²) in [4.78, 5) is 0. The van der Waals surface area contributed by atoms with E-state index in [0.29, 0.717) is 30.7 Å². The van der Waals surface area contributed by atoms with Crippen LogP contribution >= 0.6 is 0 Å². The summed E-state index contributed by atoms with van der Waals surface area (Å²) < 4.78 is 26.6. The van der Waals surface area contributed by atoms with E-state index < -0.39 is 10.0 Å². The third-order valence-electron chi connectivity index (χ3n) is 4.32. The number of piperidine rings is 2. The second-order valence-corrected chi connectivity index (χ2v) is 7.86. The molecule has 0 amide bonds. The summed E-state index contributed by atoms with van der Waals surface area (Å²) >= 11 is 0. The van der Waals surface area contributed by atoms with Gasteiger partial charge >= 0.3 is 0 Å². The first-order chi connectivity index (χ1) is 9.12. The zero-order valence-electron chi connectivity index (χ0n) is 11.6. The maximum absolute atomic E-state index is 12.4. The van der Waals surface area contributed by atoms with Crippen LogP contribution in [0.1, 0.15) is 32.1 Å². The SMILES string of the molecule is O=S(=O)(CC1CCNCC1)N1CCCC(CCO)C1. The lowest BCUT2D eigenvalue weighted by Gasteiger charge is -2.33. The molecule has 0 aromatic heterocycles. The molecule has 2 aliphatic heterocycles. The van der Waals surface area contributed by atoms with Crippen LogP contribution in [0.2, 0.25) is 0 Å². The smallest absolute Gasteiger partial charge is 0.214 e. The molecule has 2 rings (SSSR count). The molecule has 2 N–H and O–H groups in total. The quantitative estimate of drug-likeness (QED) is 0.769. The highest BCUT2D eigenvalue weighted by atomic mass is 32.2. The Bertz CT molecular complexity index is 364. The summed E-state index contributed by atoms with van der Waals surface area (Å²) in [6.45, 7) is 3.30. The summed E-state index contributed by atoms with van der Waals surface area (Å²) in [5.74, 6) is 0.951. The number of aliphatic hydroxyl groups is 1. The van der Waals surface area contributed by atoms with Gasteiger partial charge in [-0.3, -0.25) is 0 Å². The number of rotatable bonds is 5. The molecule has 112 valence electrons. The number of aliphatic hydroxyl groups excluding tert-OH is 1.